The number of nitrogens with one attached hydrogen (secondary N) is 1. The van der Waals surface area contributed by atoms with Gasteiger partial charge in [0.2, 0.25) is 0 Å². The Morgan fingerprint density at radius 2 is 2.11 bits per heavy atom. The van der Waals surface area contributed by atoms with Gasteiger partial charge in [0, 0.05) is 11.6 Å². The first-order chi connectivity index (χ1) is 4.04. The SMILES string of the molecule is CCC(C)(N)C(C)NC. The Hall–Kier alpha value is -0.0800. The summed E-state index contributed by atoms with van der Waals surface area (Å²) in [6.07, 6.45) is 1.01. The molecule has 0 amide bonds. The maximum absolute atomic E-state index is 5.91. The highest BCUT2D eigenvalue weighted by molar-refractivity contribution is 4.86. The highest BCUT2D eigenvalue weighted by atomic mass is 14.9. The predicted octanol–water partition coefficient (Wildman–Crippen LogP) is 0.722. The molecule has 0 aromatic heterocycles. The van der Waals surface area contributed by atoms with Gasteiger partial charge in [-0.15, -0.1) is 0 Å². The maximum Gasteiger partial charge on any atom is 0.0275 e. The third-order valence-electron chi connectivity index (χ3n) is 2.18. The van der Waals surface area contributed by atoms with Crippen molar-refractivity contribution in [2.75, 3.05) is 7.05 Å². The van der Waals surface area contributed by atoms with Crippen molar-refractivity contribution in [3.8, 4) is 0 Å². The van der Waals surface area contributed by atoms with Crippen molar-refractivity contribution in [3.63, 3.8) is 0 Å². The topological polar surface area (TPSA) is 38.0 Å². The average molecular weight is 130 g/mol. The van der Waals surface area contributed by atoms with Crippen molar-refractivity contribution in [2.24, 2.45) is 5.73 Å². The Balaban J connectivity index is 3.80. The number of nitrogens with two attached hydrogens (primary N) is 1. The van der Waals surface area contributed by atoms with Crippen LogP contribution in [0, 0.1) is 0 Å². The van der Waals surface area contributed by atoms with Crippen molar-refractivity contribution < 1.29 is 0 Å². The van der Waals surface area contributed by atoms with E-state index in [4.69, 9.17) is 5.73 Å². The van der Waals surface area contributed by atoms with E-state index < -0.39 is 0 Å². The second kappa shape index (κ2) is 3.18. The van der Waals surface area contributed by atoms with E-state index in [1.54, 1.807) is 0 Å². The molecule has 2 atom stereocenters. The van der Waals surface area contributed by atoms with Crippen molar-refractivity contribution in [2.45, 2.75) is 38.8 Å². The normalized spacial score (nSPS) is 21.0. The van der Waals surface area contributed by atoms with E-state index in [0.29, 0.717) is 6.04 Å². The van der Waals surface area contributed by atoms with E-state index in [1.807, 2.05) is 7.05 Å². The van der Waals surface area contributed by atoms with Crippen molar-refractivity contribution >= 4 is 0 Å². The van der Waals surface area contributed by atoms with Crippen LogP contribution in [0.25, 0.3) is 0 Å². The Bertz CT molecular complexity index is 79.0. The number of hydrogen-bond donors (Lipinski definition) is 2. The van der Waals surface area contributed by atoms with E-state index in [0.717, 1.165) is 6.42 Å². The first-order valence-corrected chi connectivity index (χ1v) is 3.50. The largest absolute Gasteiger partial charge is 0.324 e. The molecule has 2 unspecified atom stereocenters. The summed E-state index contributed by atoms with van der Waals surface area (Å²) < 4.78 is 0. The molecule has 0 saturated carbocycles. The molecule has 3 N–H and O–H groups in total. The van der Waals surface area contributed by atoms with Gasteiger partial charge in [-0.05, 0) is 27.3 Å². The minimum atomic E-state index is -0.0608. The van der Waals surface area contributed by atoms with E-state index >= 15 is 0 Å². The van der Waals surface area contributed by atoms with Crippen LogP contribution in [0.15, 0.2) is 0 Å². The van der Waals surface area contributed by atoms with Gasteiger partial charge in [-0.3, -0.25) is 0 Å². The number of hydrogen-bond acceptors (Lipinski definition) is 2. The lowest BCUT2D eigenvalue weighted by Crippen LogP contribution is -2.51. The quantitative estimate of drug-likeness (QED) is 0.591. The van der Waals surface area contributed by atoms with Crippen LogP contribution in [0.3, 0.4) is 0 Å². The standard InChI is InChI=1S/C7H18N2/c1-5-7(3,8)6(2)9-4/h6,9H,5,8H2,1-4H3. The maximum atomic E-state index is 5.91. The zero-order chi connectivity index (χ0) is 7.49. The molecule has 9 heavy (non-hydrogen) atoms. The molecule has 2 heteroatoms. The molecule has 0 radical (unpaired) electrons. The highest BCUT2D eigenvalue weighted by Gasteiger charge is 2.21. The minimum absolute atomic E-state index is 0.0608. The molecule has 0 saturated heterocycles. The summed E-state index contributed by atoms with van der Waals surface area (Å²) in [6.45, 7) is 6.27. The minimum Gasteiger partial charge on any atom is -0.324 e. The molecule has 0 aromatic rings. The van der Waals surface area contributed by atoms with Gasteiger partial charge >= 0.3 is 0 Å². The average Bonchev–Trinajstić information content (AvgIpc) is 1.86. The second-order valence-electron chi connectivity index (χ2n) is 2.87. The fraction of sp³-hybridized carbons (Fsp3) is 1.00. The molecular weight excluding hydrogens is 112 g/mol. The van der Waals surface area contributed by atoms with Crippen LogP contribution in [-0.4, -0.2) is 18.6 Å². The third kappa shape index (κ3) is 2.33. The fourth-order valence-corrected chi connectivity index (χ4v) is 0.636. The Kier molecular flexibility index (Phi) is 3.15. The lowest BCUT2D eigenvalue weighted by Gasteiger charge is -2.29. The van der Waals surface area contributed by atoms with Crippen LogP contribution in [0.1, 0.15) is 27.2 Å². The summed E-state index contributed by atoms with van der Waals surface area (Å²) in [6, 6.07) is 0.391. The summed E-state index contributed by atoms with van der Waals surface area (Å²) in [5, 5.41) is 3.13. The molecular formula is C7H18N2. The van der Waals surface area contributed by atoms with Gasteiger partial charge < -0.3 is 11.1 Å². The van der Waals surface area contributed by atoms with Gasteiger partial charge in [-0.25, -0.2) is 0 Å². The smallest absolute Gasteiger partial charge is 0.0275 e. The van der Waals surface area contributed by atoms with Gasteiger partial charge in [0.15, 0.2) is 0 Å². The van der Waals surface area contributed by atoms with E-state index in [1.165, 1.54) is 0 Å². The summed E-state index contributed by atoms with van der Waals surface area (Å²) in [5.41, 5.74) is 5.85. The van der Waals surface area contributed by atoms with Gasteiger partial charge in [-0.1, -0.05) is 6.92 Å². The molecule has 0 aliphatic rings. The molecule has 0 spiro atoms. The first kappa shape index (κ1) is 8.92. The van der Waals surface area contributed by atoms with Gasteiger partial charge in [-0.2, -0.15) is 0 Å². The predicted molar refractivity (Wildman–Crippen MR) is 41.4 cm³/mol. The fourth-order valence-electron chi connectivity index (χ4n) is 0.636. The van der Waals surface area contributed by atoms with Crippen LogP contribution in [0.2, 0.25) is 0 Å². The third-order valence-corrected chi connectivity index (χ3v) is 2.18. The van der Waals surface area contributed by atoms with Crippen molar-refractivity contribution in [1.29, 1.82) is 0 Å². The van der Waals surface area contributed by atoms with Crippen LogP contribution < -0.4 is 11.1 Å². The lowest BCUT2D eigenvalue weighted by molar-refractivity contribution is 0.342. The molecule has 0 aromatic carbocycles. The molecule has 0 bridgehead atoms. The van der Waals surface area contributed by atoms with Crippen LogP contribution in [-0.2, 0) is 0 Å². The first-order valence-electron chi connectivity index (χ1n) is 3.50. The van der Waals surface area contributed by atoms with E-state index in [2.05, 4.69) is 26.1 Å². The van der Waals surface area contributed by atoms with Crippen LogP contribution in [0.5, 0.6) is 0 Å². The highest BCUT2D eigenvalue weighted by Crippen LogP contribution is 2.09. The molecule has 0 fully saturated rings. The Morgan fingerprint density at radius 3 is 2.22 bits per heavy atom. The summed E-state index contributed by atoms with van der Waals surface area (Å²) in [4.78, 5) is 0. The number of likely N-dealkylation sites (N-methyl/N-ethyl adjacent to an activating group) is 1. The zero-order valence-corrected chi connectivity index (χ0v) is 6.86. The van der Waals surface area contributed by atoms with Crippen LogP contribution in [0.4, 0.5) is 0 Å². The molecule has 56 valence electrons. The monoisotopic (exact) mass is 130 g/mol. The molecule has 0 heterocycles. The number of rotatable bonds is 3. The molecule has 0 aliphatic carbocycles. The summed E-state index contributed by atoms with van der Waals surface area (Å²) in [5.74, 6) is 0. The lowest BCUT2D eigenvalue weighted by atomic mass is 9.92. The van der Waals surface area contributed by atoms with Gasteiger partial charge in [0.1, 0.15) is 0 Å². The van der Waals surface area contributed by atoms with E-state index in [-0.39, 0.29) is 5.54 Å². The van der Waals surface area contributed by atoms with Crippen LogP contribution >= 0.6 is 0 Å². The Morgan fingerprint density at radius 1 is 1.67 bits per heavy atom. The van der Waals surface area contributed by atoms with Gasteiger partial charge in [0.25, 0.3) is 0 Å². The molecule has 2 nitrogen and oxygen atoms in total. The van der Waals surface area contributed by atoms with Gasteiger partial charge in [0.05, 0.1) is 0 Å². The second-order valence-corrected chi connectivity index (χ2v) is 2.87. The van der Waals surface area contributed by atoms with E-state index in [9.17, 15) is 0 Å². The zero-order valence-electron chi connectivity index (χ0n) is 6.86. The summed E-state index contributed by atoms with van der Waals surface area (Å²) >= 11 is 0. The molecule has 0 aliphatic heterocycles. The van der Waals surface area contributed by atoms with Crippen molar-refractivity contribution in [1.82, 2.24) is 5.32 Å². The molecule has 0 rings (SSSR count). The van der Waals surface area contributed by atoms with Crippen molar-refractivity contribution in [3.05, 3.63) is 0 Å². The summed E-state index contributed by atoms with van der Waals surface area (Å²) in [7, 11) is 1.94. The Labute approximate surface area is 57.8 Å².